The minimum Gasteiger partial charge on any atom is -0.492 e. The lowest BCUT2D eigenvalue weighted by molar-refractivity contribution is 0.310. The fourth-order valence-electron chi connectivity index (χ4n) is 1.67. The summed E-state index contributed by atoms with van der Waals surface area (Å²) in [5, 5.41) is 3.28. The van der Waals surface area contributed by atoms with Crippen LogP contribution in [0, 0.1) is 13.8 Å². The smallest absolute Gasteiger partial charge is 0.119 e. The molecule has 0 bridgehead atoms. The highest BCUT2D eigenvalue weighted by atomic mass is 16.5. The van der Waals surface area contributed by atoms with Gasteiger partial charge in [-0.3, -0.25) is 0 Å². The molecular weight excluding hydrogens is 226 g/mol. The Bertz CT molecular complexity index is 473. The zero-order valence-electron chi connectivity index (χ0n) is 10.9. The molecule has 18 heavy (non-hydrogen) atoms. The number of furan rings is 1. The van der Waals surface area contributed by atoms with Crippen LogP contribution >= 0.6 is 0 Å². The number of benzene rings is 1. The van der Waals surface area contributed by atoms with E-state index in [9.17, 15) is 0 Å². The van der Waals surface area contributed by atoms with Crippen LogP contribution in [-0.4, -0.2) is 13.2 Å². The summed E-state index contributed by atoms with van der Waals surface area (Å²) in [7, 11) is 0. The van der Waals surface area contributed by atoms with Crippen molar-refractivity contribution in [2.45, 2.75) is 20.4 Å². The lowest BCUT2D eigenvalue weighted by atomic mass is 10.2. The normalized spacial score (nSPS) is 10.6. The zero-order valence-corrected chi connectivity index (χ0v) is 10.9. The van der Waals surface area contributed by atoms with Crippen molar-refractivity contribution in [1.82, 2.24) is 5.32 Å². The molecule has 2 aromatic rings. The number of nitrogens with one attached hydrogen (secondary N) is 1. The second-order valence-electron chi connectivity index (χ2n) is 4.35. The van der Waals surface area contributed by atoms with E-state index in [0.717, 1.165) is 30.4 Å². The molecule has 0 aliphatic heterocycles. The van der Waals surface area contributed by atoms with Gasteiger partial charge in [-0.25, -0.2) is 0 Å². The third kappa shape index (κ3) is 3.93. The highest BCUT2D eigenvalue weighted by Crippen LogP contribution is 2.10. The van der Waals surface area contributed by atoms with Gasteiger partial charge in [0.15, 0.2) is 0 Å². The summed E-state index contributed by atoms with van der Waals surface area (Å²) in [5.41, 5.74) is 1.24. The molecule has 0 radical (unpaired) electrons. The number of ether oxygens (including phenoxy) is 1. The monoisotopic (exact) mass is 245 g/mol. The maximum Gasteiger partial charge on any atom is 0.119 e. The Balaban J connectivity index is 1.63. The van der Waals surface area contributed by atoms with Gasteiger partial charge in [0, 0.05) is 6.54 Å². The first kappa shape index (κ1) is 12.7. The Morgan fingerprint density at radius 2 is 1.83 bits per heavy atom. The van der Waals surface area contributed by atoms with Gasteiger partial charge in [0.2, 0.25) is 0 Å². The Morgan fingerprint density at radius 1 is 1.06 bits per heavy atom. The lowest BCUT2D eigenvalue weighted by Gasteiger charge is -2.07. The van der Waals surface area contributed by atoms with Crippen LogP contribution < -0.4 is 10.1 Å². The van der Waals surface area contributed by atoms with Gasteiger partial charge in [0.05, 0.1) is 6.54 Å². The van der Waals surface area contributed by atoms with Crippen LogP contribution in [0.25, 0.3) is 0 Å². The Labute approximate surface area is 108 Å². The fourth-order valence-corrected chi connectivity index (χ4v) is 1.67. The molecule has 0 aliphatic rings. The number of aryl methyl sites for hydroxylation is 2. The van der Waals surface area contributed by atoms with E-state index in [4.69, 9.17) is 9.15 Å². The maximum absolute atomic E-state index is 5.61. The molecule has 0 spiro atoms. The molecule has 3 heteroatoms. The van der Waals surface area contributed by atoms with Crippen LogP contribution in [0.1, 0.15) is 17.1 Å². The molecule has 0 amide bonds. The fraction of sp³-hybridized carbons (Fsp3) is 0.333. The van der Waals surface area contributed by atoms with E-state index in [1.165, 1.54) is 5.56 Å². The molecule has 0 saturated carbocycles. The van der Waals surface area contributed by atoms with Gasteiger partial charge in [-0.2, -0.15) is 0 Å². The number of rotatable bonds is 6. The number of hydrogen-bond donors (Lipinski definition) is 1. The third-order valence-corrected chi connectivity index (χ3v) is 2.66. The standard InChI is InChI=1S/C15H19NO2/c1-12-3-6-14(7-4-12)17-10-9-16-11-15-8-5-13(2)18-15/h3-8,16H,9-11H2,1-2H3. The molecule has 0 unspecified atom stereocenters. The van der Waals surface area contributed by atoms with Crippen molar-refractivity contribution >= 4 is 0 Å². The highest BCUT2D eigenvalue weighted by Gasteiger charge is 1.97. The molecule has 0 atom stereocenters. The Morgan fingerprint density at radius 3 is 2.50 bits per heavy atom. The van der Waals surface area contributed by atoms with Gasteiger partial charge in [0.25, 0.3) is 0 Å². The minimum atomic E-state index is 0.656. The van der Waals surface area contributed by atoms with Crippen molar-refractivity contribution in [2.24, 2.45) is 0 Å². The molecule has 1 N–H and O–H groups in total. The van der Waals surface area contributed by atoms with Crippen molar-refractivity contribution in [3.63, 3.8) is 0 Å². The van der Waals surface area contributed by atoms with Crippen molar-refractivity contribution < 1.29 is 9.15 Å². The average Bonchev–Trinajstić information content (AvgIpc) is 2.77. The summed E-state index contributed by atoms with van der Waals surface area (Å²) < 4.78 is 11.1. The van der Waals surface area contributed by atoms with Crippen LogP contribution in [-0.2, 0) is 6.54 Å². The second kappa shape index (κ2) is 6.26. The van der Waals surface area contributed by atoms with Gasteiger partial charge in [0.1, 0.15) is 23.9 Å². The molecule has 96 valence electrons. The molecule has 1 aromatic heterocycles. The topological polar surface area (TPSA) is 34.4 Å². The number of hydrogen-bond acceptors (Lipinski definition) is 3. The quantitative estimate of drug-likeness (QED) is 0.794. The van der Waals surface area contributed by atoms with Crippen molar-refractivity contribution in [3.05, 3.63) is 53.5 Å². The van der Waals surface area contributed by atoms with Crippen LogP contribution in [0.4, 0.5) is 0 Å². The molecule has 1 heterocycles. The van der Waals surface area contributed by atoms with Crippen LogP contribution in [0.2, 0.25) is 0 Å². The van der Waals surface area contributed by atoms with Crippen LogP contribution in [0.5, 0.6) is 5.75 Å². The molecule has 0 saturated heterocycles. The van der Waals surface area contributed by atoms with E-state index in [2.05, 4.69) is 12.2 Å². The molecule has 0 aliphatic carbocycles. The second-order valence-corrected chi connectivity index (χ2v) is 4.35. The SMILES string of the molecule is Cc1ccc(OCCNCc2ccc(C)o2)cc1. The van der Waals surface area contributed by atoms with Crippen LogP contribution in [0.15, 0.2) is 40.8 Å². The first-order chi connectivity index (χ1) is 8.74. The summed E-state index contributed by atoms with van der Waals surface area (Å²) >= 11 is 0. The summed E-state index contributed by atoms with van der Waals surface area (Å²) in [4.78, 5) is 0. The molecule has 1 aromatic carbocycles. The van der Waals surface area contributed by atoms with E-state index in [1.54, 1.807) is 0 Å². The predicted molar refractivity (Wildman–Crippen MR) is 71.8 cm³/mol. The Hall–Kier alpha value is -1.74. The first-order valence-electron chi connectivity index (χ1n) is 6.19. The zero-order chi connectivity index (χ0) is 12.8. The van der Waals surface area contributed by atoms with Crippen molar-refractivity contribution in [2.75, 3.05) is 13.2 Å². The largest absolute Gasteiger partial charge is 0.492 e. The van der Waals surface area contributed by atoms with Crippen molar-refractivity contribution in [1.29, 1.82) is 0 Å². The molecule has 0 fully saturated rings. The summed E-state index contributed by atoms with van der Waals surface area (Å²) in [5.74, 6) is 2.82. The van der Waals surface area contributed by atoms with Gasteiger partial charge in [-0.15, -0.1) is 0 Å². The lowest BCUT2D eigenvalue weighted by Crippen LogP contribution is -2.20. The highest BCUT2D eigenvalue weighted by molar-refractivity contribution is 5.26. The van der Waals surface area contributed by atoms with E-state index in [1.807, 2.05) is 43.3 Å². The minimum absolute atomic E-state index is 0.656. The summed E-state index contributed by atoms with van der Waals surface area (Å²) in [6.07, 6.45) is 0. The maximum atomic E-state index is 5.61. The Kier molecular flexibility index (Phi) is 4.42. The summed E-state index contributed by atoms with van der Waals surface area (Å²) in [6.45, 7) is 6.21. The predicted octanol–water partition coefficient (Wildman–Crippen LogP) is 3.07. The van der Waals surface area contributed by atoms with Gasteiger partial charge < -0.3 is 14.5 Å². The van der Waals surface area contributed by atoms with Crippen LogP contribution in [0.3, 0.4) is 0 Å². The van der Waals surface area contributed by atoms with Gasteiger partial charge in [-0.1, -0.05) is 17.7 Å². The third-order valence-electron chi connectivity index (χ3n) is 2.66. The average molecular weight is 245 g/mol. The summed E-state index contributed by atoms with van der Waals surface area (Å²) in [6, 6.07) is 12.0. The molecule has 2 rings (SSSR count). The van der Waals surface area contributed by atoms with E-state index < -0.39 is 0 Å². The van der Waals surface area contributed by atoms with E-state index in [0.29, 0.717) is 6.61 Å². The van der Waals surface area contributed by atoms with E-state index >= 15 is 0 Å². The molecule has 3 nitrogen and oxygen atoms in total. The van der Waals surface area contributed by atoms with E-state index in [-0.39, 0.29) is 0 Å². The molecular formula is C15H19NO2. The van der Waals surface area contributed by atoms with Gasteiger partial charge >= 0.3 is 0 Å². The van der Waals surface area contributed by atoms with Gasteiger partial charge in [-0.05, 0) is 38.1 Å². The first-order valence-corrected chi connectivity index (χ1v) is 6.19. The van der Waals surface area contributed by atoms with Crippen molar-refractivity contribution in [3.8, 4) is 5.75 Å².